The number of alkyl halides is 1. The SMILES string of the molecule is Fc1cc2c3c(c1)nc(CCl)n3CCC2. The molecule has 0 saturated carbocycles. The molecule has 0 N–H and O–H groups in total. The van der Waals surface area contributed by atoms with Gasteiger partial charge in [0.1, 0.15) is 11.6 Å². The molecule has 2 aromatic rings. The van der Waals surface area contributed by atoms with Crippen LogP contribution in [0.3, 0.4) is 0 Å². The van der Waals surface area contributed by atoms with Crippen molar-refractivity contribution in [3.63, 3.8) is 0 Å². The van der Waals surface area contributed by atoms with E-state index in [1.165, 1.54) is 6.07 Å². The van der Waals surface area contributed by atoms with Crippen LogP contribution in [0.25, 0.3) is 11.0 Å². The molecule has 15 heavy (non-hydrogen) atoms. The van der Waals surface area contributed by atoms with E-state index in [4.69, 9.17) is 11.6 Å². The summed E-state index contributed by atoms with van der Waals surface area (Å²) in [5, 5.41) is 0. The minimum absolute atomic E-state index is 0.204. The van der Waals surface area contributed by atoms with E-state index < -0.39 is 0 Å². The largest absolute Gasteiger partial charge is 0.327 e. The smallest absolute Gasteiger partial charge is 0.125 e. The summed E-state index contributed by atoms with van der Waals surface area (Å²) in [5.41, 5.74) is 2.86. The first-order chi connectivity index (χ1) is 7.29. The molecule has 2 nitrogen and oxygen atoms in total. The van der Waals surface area contributed by atoms with E-state index in [0.29, 0.717) is 5.88 Å². The highest BCUT2D eigenvalue weighted by Crippen LogP contribution is 2.28. The van der Waals surface area contributed by atoms with Crippen LogP contribution in [0, 0.1) is 5.82 Å². The van der Waals surface area contributed by atoms with E-state index in [1.54, 1.807) is 6.07 Å². The van der Waals surface area contributed by atoms with Crippen LogP contribution in [0.2, 0.25) is 0 Å². The Kier molecular flexibility index (Phi) is 1.96. The number of hydrogen-bond acceptors (Lipinski definition) is 1. The van der Waals surface area contributed by atoms with Gasteiger partial charge in [0.05, 0.1) is 16.9 Å². The lowest BCUT2D eigenvalue weighted by Gasteiger charge is -2.15. The van der Waals surface area contributed by atoms with Crippen LogP contribution in [0.5, 0.6) is 0 Å². The summed E-state index contributed by atoms with van der Waals surface area (Å²) in [7, 11) is 0. The van der Waals surface area contributed by atoms with Crippen LogP contribution in [-0.4, -0.2) is 9.55 Å². The monoisotopic (exact) mass is 224 g/mol. The van der Waals surface area contributed by atoms with E-state index in [-0.39, 0.29) is 5.82 Å². The highest BCUT2D eigenvalue weighted by molar-refractivity contribution is 6.16. The van der Waals surface area contributed by atoms with Gasteiger partial charge in [0.25, 0.3) is 0 Å². The highest BCUT2D eigenvalue weighted by Gasteiger charge is 2.18. The van der Waals surface area contributed by atoms with Crippen LogP contribution in [0.15, 0.2) is 12.1 Å². The van der Waals surface area contributed by atoms with Crippen LogP contribution in [0.1, 0.15) is 17.8 Å². The Morgan fingerprint density at radius 3 is 3.13 bits per heavy atom. The molecule has 0 fully saturated rings. The fourth-order valence-electron chi connectivity index (χ4n) is 2.33. The summed E-state index contributed by atoms with van der Waals surface area (Å²) in [6.07, 6.45) is 1.97. The van der Waals surface area contributed by atoms with Gasteiger partial charge in [-0.3, -0.25) is 0 Å². The molecule has 0 saturated heterocycles. The Morgan fingerprint density at radius 2 is 2.33 bits per heavy atom. The Bertz CT molecular complexity index is 533. The molecule has 0 unspecified atom stereocenters. The molecule has 0 bridgehead atoms. The van der Waals surface area contributed by atoms with Crippen LogP contribution >= 0.6 is 11.6 Å². The van der Waals surface area contributed by atoms with Crippen molar-refractivity contribution in [2.24, 2.45) is 0 Å². The van der Waals surface area contributed by atoms with Gasteiger partial charge < -0.3 is 4.57 Å². The Hall–Kier alpha value is -1.09. The maximum absolute atomic E-state index is 13.3. The van der Waals surface area contributed by atoms with E-state index in [1.807, 2.05) is 0 Å². The Labute approximate surface area is 91.7 Å². The molecule has 4 heteroatoms. The molecule has 2 heterocycles. The zero-order valence-electron chi connectivity index (χ0n) is 8.13. The van der Waals surface area contributed by atoms with Crippen molar-refractivity contribution in [1.29, 1.82) is 0 Å². The van der Waals surface area contributed by atoms with E-state index >= 15 is 0 Å². The van der Waals surface area contributed by atoms with Crippen LogP contribution in [0.4, 0.5) is 4.39 Å². The Balaban J connectivity index is 2.41. The molecule has 3 rings (SSSR count). The quantitative estimate of drug-likeness (QED) is 0.681. The lowest BCUT2D eigenvalue weighted by atomic mass is 10.0. The molecule has 0 radical (unpaired) electrons. The maximum atomic E-state index is 13.3. The summed E-state index contributed by atoms with van der Waals surface area (Å²) in [6.45, 7) is 0.942. The fourth-order valence-corrected chi connectivity index (χ4v) is 2.53. The van der Waals surface area contributed by atoms with Gasteiger partial charge in [-0.2, -0.15) is 0 Å². The minimum atomic E-state index is -0.204. The van der Waals surface area contributed by atoms with Gasteiger partial charge >= 0.3 is 0 Å². The van der Waals surface area contributed by atoms with E-state index in [9.17, 15) is 4.39 Å². The fraction of sp³-hybridized carbons (Fsp3) is 0.364. The topological polar surface area (TPSA) is 17.8 Å². The molecule has 78 valence electrons. The number of rotatable bonds is 1. The minimum Gasteiger partial charge on any atom is -0.327 e. The molecular weight excluding hydrogens is 215 g/mol. The maximum Gasteiger partial charge on any atom is 0.125 e. The standard InChI is InChI=1S/C11H10ClFN2/c12-6-10-14-9-5-8(13)4-7-2-1-3-15(10)11(7)9/h4-5H,1-3,6H2. The number of hydrogen-bond donors (Lipinski definition) is 0. The number of aryl methyl sites for hydroxylation is 2. The Morgan fingerprint density at radius 1 is 1.47 bits per heavy atom. The van der Waals surface area contributed by atoms with Crippen molar-refractivity contribution < 1.29 is 4.39 Å². The molecule has 0 amide bonds. The van der Waals surface area contributed by atoms with Crippen LogP contribution < -0.4 is 0 Å². The third-order valence-electron chi connectivity index (χ3n) is 2.91. The van der Waals surface area contributed by atoms with Gasteiger partial charge in [0, 0.05) is 12.6 Å². The zero-order chi connectivity index (χ0) is 10.4. The second kappa shape index (κ2) is 3.20. The molecule has 0 atom stereocenters. The summed E-state index contributed by atoms with van der Waals surface area (Å²) in [6, 6.07) is 3.09. The molecule has 1 aliphatic rings. The van der Waals surface area contributed by atoms with Crippen LogP contribution in [-0.2, 0) is 18.8 Å². The number of benzene rings is 1. The van der Waals surface area contributed by atoms with Crippen molar-refractivity contribution >= 4 is 22.6 Å². The van der Waals surface area contributed by atoms with Gasteiger partial charge in [0.2, 0.25) is 0 Å². The predicted octanol–water partition coefficient (Wildman–Crippen LogP) is 2.86. The van der Waals surface area contributed by atoms with Crippen molar-refractivity contribution in [1.82, 2.24) is 9.55 Å². The summed E-state index contributed by atoms with van der Waals surface area (Å²) < 4.78 is 15.4. The van der Waals surface area contributed by atoms with Gasteiger partial charge in [0.15, 0.2) is 0 Å². The predicted molar refractivity (Wildman–Crippen MR) is 57.6 cm³/mol. The average molecular weight is 225 g/mol. The van der Waals surface area contributed by atoms with Crippen molar-refractivity contribution in [2.45, 2.75) is 25.3 Å². The van der Waals surface area contributed by atoms with Gasteiger partial charge in [-0.1, -0.05) is 0 Å². The molecule has 1 aromatic carbocycles. The number of halogens is 2. The lowest BCUT2D eigenvalue weighted by Crippen LogP contribution is -2.10. The molecule has 0 spiro atoms. The van der Waals surface area contributed by atoms with Crippen molar-refractivity contribution in [3.8, 4) is 0 Å². The van der Waals surface area contributed by atoms with Gasteiger partial charge in [-0.25, -0.2) is 9.37 Å². The normalized spacial score (nSPS) is 14.8. The third-order valence-corrected chi connectivity index (χ3v) is 3.15. The number of nitrogens with zero attached hydrogens (tertiary/aromatic N) is 2. The number of imidazole rings is 1. The summed E-state index contributed by atoms with van der Waals surface area (Å²) >= 11 is 5.82. The van der Waals surface area contributed by atoms with Crippen molar-refractivity contribution in [3.05, 3.63) is 29.3 Å². The summed E-state index contributed by atoms with van der Waals surface area (Å²) in [5.74, 6) is 1.03. The zero-order valence-corrected chi connectivity index (χ0v) is 8.89. The first-order valence-corrected chi connectivity index (χ1v) is 5.56. The molecule has 0 aliphatic carbocycles. The first-order valence-electron chi connectivity index (χ1n) is 5.03. The lowest BCUT2D eigenvalue weighted by molar-refractivity contribution is 0.602. The molecule has 1 aliphatic heterocycles. The molecular formula is C11H10ClFN2. The summed E-state index contributed by atoms with van der Waals surface area (Å²) in [4.78, 5) is 4.35. The van der Waals surface area contributed by atoms with Crippen molar-refractivity contribution in [2.75, 3.05) is 0 Å². The number of aromatic nitrogens is 2. The van der Waals surface area contributed by atoms with Gasteiger partial charge in [-0.05, 0) is 24.5 Å². The first kappa shape index (κ1) is 9.16. The van der Waals surface area contributed by atoms with E-state index in [2.05, 4.69) is 9.55 Å². The highest BCUT2D eigenvalue weighted by atomic mass is 35.5. The second-order valence-electron chi connectivity index (χ2n) is 3.85. The van der Waals surface area contributed by atoms with E-state index in [0.717, 1.165) is 41.8 Å². The second-order valence-corrected chi connectivity index (χ2v) is 4.12. The molecule has 1 aromatic heterocycles. The average Bonchev–Trinajstić information content (AvgIpc) is 2.58. The third kappa shape index (κ3) is 1.26. The van der Waals surface area contributed by atoms with Gasteiger partial charge in [-0.15, -0.1) is 11.6 Å².